The Kier molecular flexibility index (Phi) is 6.02. The summed E-state index contributed by atoms with van der Waals surface area (Å²) in [7, 11) is 1.46. The lowest BCUT2D eigenvalue weighted by molar-refractivity contribution is -0.384. The largest absolute Gasteiger partial charge is 0.494 e. The summed E-state index contributed by atoms with van der Waals surface area (Å²) < 4.78 is 7.29. The van der Waals surface area contributed by atoms with E-state index in [-0.39, 0.29) is 22.9 Å². The normalized spacial score (nSPS) is 16.4. The number of amides is 2. The van der Waals surface area contributed by atoms with Gasteiger partial charge in [-0.2, -0.15) is 0 Å². The number of aromatic nitrogens is 1. The fourth-order valence-electron chi connectivity index (χ4n) is 3.45. The van der Waals surface area contributed by atoms with Crippen LogP contribution in [0.1, 0.15) is 37.2 Å². The van der Waals surface area contributed by atoms with Crippen LogP contribution in [-0.2, 0) is 4.79 Å². The summed E-state index contributed by atoms with van der Waals surface area (Å²) in [6, 6.07) is 6.20. The maximum absolute atomic E-state index is 12.7. The van der Waals surface area contributed by atoms with Crippen molar-refractivity contribution in [3.63, 3.8) is 0 Å². The summed E-state index contributed by atoms with van der Waals surface area (Å²) in [6.45, 7) is 7.57. The molecule has 9 heteroatoms. The van der Waals surface area contributed by atoms with Crippen molar-refractivity contribution in [2.24, 2.45) is 0 Å². The van der Waals surface area contributed by atoms with E-state index in [9.17, 15) is 19.7 Å². The SMILES string of the molecule is CC[C@H](C)N1C(=O)S/C(=C/c2cc(C)n(-c3ccc([N+](=O)[O-])cc3OC)c2C)C1=O. The molecule has 1 aliphatic heterocycles. The highest BCUT2D eigenvalue weighted by Crippen LogP contribution is 2.36. The molecule has 1 atom stereocenters. The highest BCUT2D eigenvalue weighted by molar-refractivity contribution is 8.18. The molecule has 8 nitrogen and oxygen atoms in total. The number of hydrogen-bond donors (Lipinski definition) is 0. The van der Waals surface area contributed by atoms with E-state index >= 15 is 0 Å². The molecule has 2 aromatic rings. The van der Waals surface area contributed by atoms with Gasteiger partial charge in [0.2, 0.25) is 0 Å². The van der Waals surface area contributed by atoms with E-state index in [0.29, 0.717) is 22.8 Å². The predicted molar refractivity (Wildman–Crippen MR) is 116 cm³/mol. The third-order valence-corrected chi connectivity index (χ3v) is 6.11. The van der Waals surface area contributed by atoms with Crippen molar-refractivity contribution in [3.05, 3.63) is 56.2 Å². The minimum Gasteiger partial charge on any atom is -0.494 e. The number of carbonyl (C=O) groups excluding carboxylic acids is 2. The summed E-state index contributed by atoms with van der Waals surface area (Å²) in [6.07, 6.45) is 2.42. The maximum atomic E-state index is 12.7. The third kappa shape index (κ3) is 3.72. The first kappa shape index (κ1) is 21.6. The average molecular weight is 429 g/mol. The molecular weight excluding hydrogens is 406 g/mol. The van der Waals surface area contributed by atoms with Crippen molar-refractivity contribution >= 4 is 34.7 Å². The van der Waals surface area contributed by atoms with Crippen LogP contribution in [0.25, 0.3) is 11.8 Å². The first-order valence-corrected chi connectivity index (χ1v) is 10.3. The zero-order valence-corrected chi connectivity index (χ0v) is 18.3. The van der Waals surface area contributed by atoms with Crippen LogP contribution in [0.5, 0.6) is 5.75 Å². The molecule has 30 heavy (non-hydrogen) atoms. The number of nitro groups is 1. The second-order valence-electron chi connectivity index (χ2n) is 7.08. The Morgan fingerprint density at radius 3 is 2.57 bits per heavy atom. The van der Waals surface area contributed by atoms with Gasteiger partial charge in [-0.3, -0.25) is 24.6 Å². The van der Waals surface area contributed by atoms with Crippen LogP contribution in [0.3, 0.4) is 0 Å². The van der Waals surface area contributed by atoms with Crippen molar-refractivity contribution < 1.29 is 19.2 Å². The number of nitrogens with zero attached hydrogens (tertiary/aromatic N) is 3. The van der Waals surface area contributed by atoms with Crippen LogP contribution in [0.15, 0.2) is 29.2 Å². The van der Waals surface area contributed by atoms with Crippen LogP contribution in [0, 0.1) is 24.0 Å². The Hall–Kier alpha value is -3.07. The highest BCUT2D eigenvalue weighted by Gasteiger charge is 2.37. The summed E-state index contributed by atoms with van der Waals surface area (Å²) in [5, 5.41) is 10.8. The van der Waals surface area contributed by atoms with Crippen LogP contribution in [-0.4, -0.2) is 38.7 Å². The molecule has 158 valence electrons. The summed E-state index contributed by atoms with van der Waals surface area (Å²) in [5.41, 5.74) is 3.09. The number of hydrogen-bond acceptors (Lipinski definition) is 6. The topological polar surface area (TPSA) is 94.7 Å². The number of imide groups is 1. The van der Waals surface area contributed by atoms with Crippen LogP contribution in [0.2, 0.25) is 0 Å². The quantitative estimate of drug-likeness (QED) is 0.370. The number of ether oxygens (including phenoxy) is 1. The summed E-state index contributed by atoms with van der Waals surface area (Å²) >= 11 is 0.942. The molecule has 0 N–H and O–H groups in total. The second kappa shape index (κ2) is 8.35. The van der Waals surface area contributed by atoms with Crippen molar-refractivity contribution in [2.75, 3.05) is 7.11 Å². The molecule has 0 saturated carbocycles. The second-order valence-corrected chi connectivity index (χ2v) is 8.08. The molecule has 2 heterocycles. The van der Waals surface area contributed by atoms with E-state index < -0.39 is 4.92 Å². The maximum Gasteiger partial charge on any atom is 0.293 e. The minimum absolute atomic E-state index is 0.0583. The molecule has 2 amide bonds. The molecule has 0 radical (unpaired) electrons. The number of rotatable bonds is 6. The lowest BCUT2D eigenvalue weighted by Gasteiger charge is -2.19. The molecule has 1 fully saturated rings. The van der Waals surface area contributed by atoms with Crippen LogP contribution >= 0.6 is 11.8 Å². The van der Waals surface area contributed by atoms with Gasteiger partial charge in [-0.15, -0.1) is 0 Å². The van der Waals surface area contributed by atoms with Gasteiger partial charge >= 0.3 is 0 Å². The molecule has 1 aliphatic rings. The fourth-order valence-corrected chi connectivity index (χ4v) is 4.37. The van der Waals surface area contributed by atoms with Crippen molar-refractivity contribution in [3.8, 4) is 11.4 Å². The first-order chi connectivity index (χ1) is 14.2. The molecule has 1 aromatic heterocycles. The predicted octanol–water partition coefficient (Wildman–Crippen LogP) is 4.85. The van der Waals surface area contributed by atoms with Crippen molar-refractivity contribution in [2.45, 2.75) is 40.2 Å². The van der Waals surface area contributed by atoms with E-state index in [1.165, 1.54) is 24.1 Å². The lowest BCUT2D eigenvalue weighted by atomic mass is 10.2. The number of aryl methyl sites for hydroxylation is 1. The van der Waals surface area contributed by atoms with E-state index in [1.807, 2.05) is 38.3 Å². The van der Waals surface area contributed by atoms with Crippen LogP contribution in [0.4, 0.5) is 10.5 Å². The van der Waals surface area contributed by atoms with Gasteiger partial charge in [0.1, 0.15) is 5.75 Å². The highest BCUT2D eigenvalue weighted by atomic mass is 32.2. The molecule has 1 aromatic carbocycles. The van der Waals surface area contributed by atoms with Gasteiger partial charge in [-0.05, 0) is 62.7 Å². The zero-order chi connectivity index (χ0) is 22.2. The number of thioether (sulfide) groups is 1. The Morgan fingerprint density at radius 2 is 1.97 bits per heavy atom. The minimum atomic E-state index is -0.472. The van der Waals surface area contributed by atoms with E-state index in [2.05, 4.69) is 0 Å². The lowest BCUT2D eigenvalue weighted by Crippen LogP contribution is -2.36. The molecule has 0 bridgehead atoms. The van der Waals surface area contributed by atoms with Gasteiger partial charge in [-0.1, -0.05) is 6.92 Å². The van der Waals surface area contributed by atoms with Gasteiger partial charge < -0.3 is 9.30 Å². The van der Waals surface area contributed by atoms with Gasteiger partial charge in [0.15, 0.2) is 0 Å². The molecular formula is C21H23N3O5S. The number of non-ortho nitro benzene ring substituents is 1. The number of nitro benzene ring substituents is 1. The van der Waals surface area contributed by atoms with Crippen LogP contribution < -0.4 is 4.74 Å². The molecule has 3 rings (SSSR count). The summed E-state index contributed by atoms with van der Waals surface area (Å²) in [4.78, 5) is 37.3. The Labute approximate surface area is 178 Å². The molecule has 0 unspecified atom stereocenters. The monoisotopic (exact) mass is 429 g/mol. The van der Waals surface area contributed by atoms with Crippen molar-refractivity contribution in [1.82, 2.24) is 9.47 Å². The van der Waals surface area contributed by atoms with E-state index in [0.717, 1.165) is 28.7 Å². The first-order valence-electron chi connectivity index (χ1n) is 9.48. The average Bonchev–Trinajstić information content (AvgIpc) is 3.15. The Morgan fingerprint density at radius 1 is 1.27 bits per heavy atom. The number of carbonyl (C=O) groups is 2. The summed E-state index contributed by atoms with van der Waals surface area (Å²) in [5.74, 6) is 0.0895. The van der Waals surface area contributed by atoms with Gasteiger partial charge in [-0.25, -0.2) is 0 Å². The number of benzene rings is 1. The third-order valence-electron chi connectivity index (χ3n) is 5.23. The smallest absolute Gasteiger partial charge is 0.293 e. The van der Waals surface area contributed by atoms with Crippen molar-refractivity contribution in [1.29, 1.82) is 0 Å². The van der Waals surface area contributed by atoms with Gasteiger partial charge in [0, 0.05) is 23.5 Å². The van der Waals surface area contributed by atoms with E-state index in [4.69, 9.17) is 4.74 Å². The Balaban J connectivity index is 2.04. The molecule has 1 saturated heterocycles. The van der Waals surface area contributed by atoms with E-state index in [1.54, 1.807) is 12.1 Å². The van der Waals surface area contributed by atoms with Gasteiger partial charge in [0.25, 0.3) is 16.8 Å². The molecule has 0 aliphatic carbocycles. The number of methoxy groups -OCH3 is 1. The molecule has 0 spiro atoms. The Bertz CT molecular complexity index is 1070. The van der Waals surface area contributed by atoms with Gasteiger partial charge in [0.05, 0.1) is 28.7 Å². The standard InChI is InChI=1S/C21H23N3O5S/c1-6-12(2)23-20(25)19(30-21(23)26)10-15-9-13(3)22(14(15)4)17-8-7-16(24(27)28)11-18(17)29-5/h7-12H,6H2,1-5H3/b19-10+/t12-/m0/s1. The zero-order valence-electron chi connectivity index (χ0n) is 17.5. The fraction of sp³-hybridized carbons (Fsp3) is 0.333.